The molecular formula is C15H17Cl2NO3. The summed E-state index contributed by atoms with van der Waals surface area (Å²) in [4.78, 5) is 23.0. The van der Waals surface area contributed by atoms with Crippen LogP contribution in [0.2, 0.25) is 10.0 Å². The summed E-state index contributed by atoms with van der Waals surface area (Å²) in [7, 11) is 0. The third kappa shape index (κ3) is 5.06. The van der Waals surface area contributed by atoms with Crippen molar-refractivity contribution in [3.05, 3.63) is 39.9 Å². The van der Waals surface area contributed by atoms with E-state index < -0.39 is 17.9 Å². The molecule has 1 rings (SSSR count). The highest BCUT2D eigenvalue weighted by Gasteiger charge is 2.24. The van der Waals surface area contributed by atoms with E-state index in [9.17, 15) is 9.59 Å². The van der Waals surface area contributed by atoms with E-state index >= 15 is 0 Å². The van der Waals surface area contributed by atoms with Gasteiger partial charge in [-0.25, -0.2) is 4.79 Å². The average molecular weight is 330 g/mol. The zero-order chi connectivity index (χ0) is 16.0. The molecular weight excluding hydrogens is 313 g/mol. The number of halogens is 2. The van der Waals surface area contributed by atoms with Crippen LogP contribution in [-0.4, -0.2) is 23.0 Å². The summed E-state index contributed by atoms with van der Waals surface area (Å²) in [6.07, 6.45) is 3.35. The third-order valence-electron chi connectivity index (χ3n) is 3.18. The smallest absolute Gasteiger partial charge is 0.326 e. The Morgan fingerprint density at radius 1 is 1.33 bits per heavy atom. The van der Waals surface area contributed by atoms with Gasteiger partial charge in [0.05, 0.1) is 0 Å². The average Bonchev–Trinajstić information content (AvgIpc) is 2.43. The van der Waals surface area contributed by atoms with E-state index in [0.717, 1.165) is 0 Å². The summed E-state index contributed by atoms with van der Waals surface area (Å²) in [5.41, 5.74) is 0.520. The Hall–Kier alpha value is -1.52. The summed E-state index contributed by atoms with van der Waals surface area (Å²) >= 11 is 12.0. The maximum Gasteiger partial charge on any atom is 0.326 e. The van der Waals surface area contributed by atoms with Gasteiger partial charge in [-0.15, -0.1) is 0 Å². The van der Waals surface area contributed by atoms with Crippen molar-refractivity contribution < 1.29 is 14.7 Å². The lowest BCUT2D eigenvalue weighted by Gasteiger charge is -2.19. The van der Waals surface area contributed by atoms with Crippen LogP contribution in [0.15, 0.2) is 24.3 Å². The molecule has 1 aromatic rings. The topological polar surface area (TPSA) is 66.4 Å². The summed E-state index contributed by atoms with van der Waals surface area (Å²) in [6.45, 7) is 3.64. The van der Waals surface area contributed by atoms with Crippen molar-refractivity contribution in [2.45, 2.75) is 26.3 Å². The minimum absolute atomic E-state index is 0.163. The number of nitrogens with one attached hydrogen (secondary N) is 1. The molecule has 2 N–H and O–H groups in total. The van der Waals surface area contributed by atoms with Crippen molar-refractivity contribution in [1.82, 2.24) is 5.32 Å². The summed E-state index contributed by atoms with van der Waals surface area (Å²) < 4.78 is 0. The van der Waals surface area contributed by atoms with Gasteiger partial charge in [0.2, 0.25) is 5.91 Å². The van der Waals surface area contributed by atoms with Crippen LogP contribution in [0, 0.1) is 5.92 Å². The molecule has 0 saturated carbocycles. The SMILES string of the molecule is CCC(C)[C@H](NC(=O)/C=C/c1c(Cl)cccc1Cl)C(=O)O. The van der Waals surface area contributed by atoms with E-state index in [1.54, 1.807) is 25.1 Å². The van der Waals surface area contributed by atoms with Crippen molar-refractivity contribution in [1.29, 1.82) is 0 Å². The second-order valence-electron chi connectivity index (χ2n) is 4.68. The van der Waals surface area contributed by atoms with Crippen LogP contribution in [-0.2, 0) is 9.59 Å². The van der Waals surface area contributed by atoms with E-state index in [2.05, 4.69) is 5.32 Å². The van der Waals surface area contributed by atoms with Crippen LogP contribution in [0.3, 0.4) is 0 Å². The molecule has 21 heavy (non-hydrogen) atoms. The van der Waals surface area contributed by atoms with Gasteiger partial charge in [-0.2, -0.15) is 0 Å². The first-order valence-corrected chi connectivity index (χ1v) is 7.27. The number of hydrogen-bond donors (Lipinski definition) is 2. The second kappa shape index (κ2) is 8.05. The highest BCUT2D eigenvalue weighted by molar-refractivity contribution is 6.37. The number of aliphatic carboxylic acids is 1. The highest BCUT2D eigenvalue weighted by Crippen LogP contribution is 2.25. The van der Waals surface area contributed by atoms with Crippen molar-refractivity contribution in [3.8, 4) is 0 Å². The Kier molecular flexibility index (Phi) is 6.72. The fourth-order valence-electron chi connectivity index (χ4n) is 1.71. The Morgan fingerprint density at radius 2 is 1.90 bits per heavy atom. The minimum atomic E-state index is -1.05. The van der Waals surface area contributed by atoms with Crippen LogP contribution in [0.4, 0.5) is 0 Å². The van der Waals surface area contributed by atoms with Gasteiger partial charge in [0.1, 0.15) is 6.04 Å². The van der Waals surface area contributed by atoms with Gasteiger partial charge in [0.15, 0.2) is 0 Å². The molecule has 0 saturated heterocycles. The number of benzene rings is 1. The summed E-state index contributed by atoms with van der Waals surface area (Å²) in [5.74, 6) is -1.72. The molecule has 0 aliphatic rings. The zero-order valence-electron chi connectivity index (χ0n) is 11.8. The van der Waals surface area contributed by atoms with Crippen LogP contribution in [0.5, 0.6) is 0 Å². The number of amides is 1. The van der Waals surface area contributed by atoms with Crippen molar-refractivity contribution >= 4 is 41.2 Å². The predicted molar refractivity (Wildman–Crippen MR) is 84.5 cm³/mol. The standard InChI is InChI=1S/C15H17Cl2NO3/c1-3-9(2)14(15(20)21)18-13(19)8-7-10-11(16)5-4-6-12(10)17/h4-9,14H,3H2,1-2H3,(H,18,19)(H,20,21)/b8-7+/t9?,14-/m0/s1. The van der Waals surface area contributed by atoms with Gasteiger partial charge >= 0.3 is 5.97 Å². The molecule has 1 aromatic carbocycles. The van der Waals surface area contributed by atoms with Crippen molar-refractivity contribution in [2.24, 2.45) is 5.92 Å². The number of rotatable bonds is 6. The first kappa shape index (κ1) is 17.5. The quantitative estimate of drug-likeness (QED) is 0.783. The molecule has 0 spiro atoms. The molecule has 6 heteroatoms. The second-order valence-corrected chi connectivity index (χ2v) is 5.49. The van der Waals surface area contributed by atoms with E-state index in [1.807, 2.05) is 6.92 Å². The Morgan fingerprint density at radius 3 is 2.38 bits per heavy atom. The number of carbonyl (C=O) groups excluding carboxylic acids is 1. The molecule has 0 bridgehead atoms. The normalized spacial score (nSPS) is 13.9. The first-order valence-electron chi connectivity index (χ1n) is 6.52. The fourth-order valence-corrected chi connectivity index (χ4v) is 2.24. The van der Waals surface area contributed by atoms with Gasteiger partial charge < -0.3 is 10.4 Å². The first-order chi connectivity index (χ1) is 9.86. The van der Waals surface area contributed by atoms with E-state index in [-0.39, 0.29) is 5.92 Å². The molecule has 4 nitrogen and oxygen atoms in total. The maximum atomic E-state index is 11.8. The third-order valence-corrected chi connectivity index (χ3v) is 3.84. The lowest BCUT2D eigenvalue weighted by Crippen LogP contribution is -2.44. The van der Waals surface area contributed by atoms with Gasteiger partial charge in [-0.1, -0.05) is 49.5 Å². The Labute approximate surface area is 133 Å². The predicted octanol–water partition coefficient (Wildman–Crippen LogP) is 3.62. The maximum absolute atomic E-state index is 11.8. The van der Waals surface area contributed by atoms with E-state index in [0.29, 0.717) is 22.0 Å². The molecule has 2 atom stereocenters. The van der Waals surface area contributed by atoms with E-state index in [1.165, 1.54) is 12.2 Å². The largest absolute Gasteiger partial charge is 0.480 e. The summed E-state index contributed by atoms with van der Waals surface area (Å²) in [6, 6.07) is 4.09. The van der Waals surface area contributed by atoms with E-state index in [4.69, 9.17) is 28.3 Å². The molecule has 0 aliphatic heterocycles. The zero-order valence-corrected chi connectivity index (χ0v) is 13.3. The van der Waals surface area contributed by atoms with Crippen LogP contribution >= 0.6 is 23.2 Å². The molecule has 114 valence electrons. The molecule has 1 amide bonds. The molecule has 0 aliphatic carbocycles. The van der Waals surface area contributed by atoms with Crippen LogP contribution in [0.1, 0.15) is 25.8 Å². The Bertz CT molecular complexity index is 538. The highest BCUT2D eigenvalue weighted by atomic mass is 35.5. The lowest BCUT2D eigenvalue weighted by atomic mass is 9.99. The molecule has 0 aromatic heterocycles. The van der Waals surface area contributed by atoms with Gasteiger partial charge in [-0.3, -0.25) is 4.79 Å². The number of hydrogen-bond acceptors (Lipinski definition) is 2. The summed E-state index contributed by atoms with van der Waals surface area (Å²) in [5, 5.41) is 12.4. The molecule has 1 unspecified atom stereocenters. The molecule has 0 radical (unpaired) electrons. The minimum Gasteiger partial charge on any atom is -0.480 e. The number of carboxylic acids is 1. The molecule has 0 heterocycles. The van der Waals surface area contributed by atoms with Crippen molar-refractivity contribution in [2.75, 3.05) is 0 Å². The van der Waals surface area contributed by atoms with Gasteiger partial charge in [-0.05, 0) is 24.1 Å². The Balaban J connectivity index is 2.81. The van der Waals surface area contributed by atoms with Gasteiger partial charge in [0.25, 0.3) is 0 Å². The molecule has 0 fully saturated rings. The lowest BCUT2D eigenvalue weighted by molar-refractivity contribution is -0.142. The van der Waals surface area contributed by atoms with Crippen LogP contribution in [0.25, 0.3) is 6.08 Å². The van der Waals surface area contributed by atoms with Crippen LogP contribution < -0.4 is 5.32 Å². The number of carbonyl (C=O) groups is 2. The number of carboxylic acid groups (broad SMARTS) is 1. The van der Waals surface area contributed by atoms with Gasteiger partial charge in [0, 0.05) is 21.7 Å². The monoisotopic (exact) mass is 329 g/mol. The fraction of sp³-hybridized carbons (Fsp3) is 0.333. The van der Waals surface area contributed by atoms with Crippen molar-refractivity contribution in [3.63, 3.8) is 0 Å².